The number of rotatable bonds is 2. The van der Waals surface area contributed by atoms with Crippen LogP contribution in [-0.4, -0.2) is 21.1 Å². The summed E-state index contributed by atoms with van der Waals surface area (Å²) >= 11 is 0. The highest BCUT2D eigenvalue weighted by atomic mass is 16.3. The molecule has 2 aromatic rings. The van der Waals surface area contributed by atoms with Gasteiger partial charge in [-0.1, -0.05) is 18.2 Å². The summed E-state index contributed by atoms with van der Waals surface area (Å²) in [4.78, 5) is 11.2. The molecule has 3 rings (SSSR count). The molecule has 104 valence electrons. The average molecular weight is 269 g/mol. The molecule has 1 aliphatic rings. The number of nitrogens with zero attached hydrogens (tertiary/aromatic N) is 3. The SMILES string of the molecule is Cc1nc(N2c3ccccc3CCC2C)ncc1CO. The predicted octanol–water partition coefficient (Wildman–Crippen LogP) is 2.75. The topological polar surface area (TPSA) is 49.2 Å². The summed E-state index contributed by atoms with van der Waals surface area (Å²) in [6.07, 6.45) is 3.92. The molecule has 4 heteroatoms. The molecular weight excluding hydrogens is 250 g/mol. The predicted molar refractivity (Wildman–Crippen MR) is 79.1 cm³/mol. The van der Waals surface area contributed by atoms with E-state index in [1.807, 2.05) is 6.92 Å². The lowest BCUT2D eigenvalue weighted by molar-refractivity contribution is 0.280. The van der Waals surface area contributed by atoms with Gasteiger partial charge in [-0.3, -0.25) is 0 Å². The third kappa shape index (κ3) is 2.16. The van der Waals surface area contributed by atoms with Gasteiger partial charge in [0.05, 0.1) is 6.61 Å². The molecule has 1 aromatic carbocycles. The van der Waals surface area contributed by atoms with Gasteiger partial charge in [0, 0.05) is 29.2 Å². The molecule has 0 saturated heterocycles. The highest BCUT2D eigenvalue weighted by Gasteiger charge is 2.26. The zero-order valence-electron chi connectivity index (χ0n) is 11.9. The summed E-state index contributed by atoms with van der Waals surface area (Å²) in [6, 6.07) is 8.81. The van der Waals surface area contributed by atoms with Gasteiger partial charge in [-0.15, -0.1) is 0 Å². The molecular formula is C16H19N3O. The maximum atomic E-state index is 9.24. The number of fused-ring (bicyclic) bond motifs is 1. The normalized spacial score (nSPS) is 17.9. The number of aromatic nitrogens is 2. The van der Waals surface area contributed by atoms with Gasteiger partial charge in [0.15, 0.2) is 0 Å². The Morgan fingerprint density at radius 3 is 2.90 bits per heavy atom. The number of aliphatic hydroxyl groups is 1. The molecule has 0 radical (unpaired) electrons. The van der Waals surface area contributed by atoms with Gasteiger partial charge in [-0.25, -0.2) is 9.97 Å². The molecule has 0 bridgehead atoms. The maximum absolute atomic E-state index is 9.24. The quantitative estimate of drug-likeness (QED) is 0.910. The van der Waals surface area contributed by atoms with Crippen molar-refractivity contribution < 1.29 is 5.11 Å². The molecule has 0 aliphatic carbocycles. The van der Waals surface area contributed by atoms with Gasteiger partial charge in [0.2, 0.25) is 5.95 Å². The minimum Gasteiger partial charge on any atom is -0.392 e. The second-order valence-corrected chi connectivity index (χ2v) is 5.33. The van der Waals surface area contributed by atoms with E-state index in [9.17, 15) is 5.11 Å². The summed E-state index contributed by atoms with van der Waals surface area (Å²) in [5, 5.41) is 9.24. The molecule has 20 heavy (non-hydrogen) atoms. The van der Waals surface area contributed by atoms with Crippen molar-refractivity contribution in [3.63, 3.8) is 0 Å². The Morgan fingerprint density at radius 2 is 2.15 bits per heavy atom. The van der Waals surface area contributed by atoms with Gasteiger partial charge >= 0.3 is 0 Å². The van der Waals surface area contributed by atoms with Crippen LogP contribution >= 0.6 is 0 Å². The van der Waals surface area contributed by atoms with Crippen LogP contribution < -0.4 is 4.90 Å². The van der Waals surface area contributed by atoms with Crippen LogP contribution in [0.5, 0.6) is 0 Å². The Bertz CT molecular complexity index is 627. The van der Waals surface area contributed by atoms with E-state index in [4.69, 9.17) is 0 Å². The fourth-order valence-corrected chi connectivity index (χ4v) is 2.74. The minimum atomic E-state index is -0.0156. The first-order valence-corrected chi connectivity index (χ1v) is 7.01. The smallest absolute Gasteiger partial charge is 0.230 e. The Balaban J connectivity index is 2.07. The van der Waals surface area contributed by atoms with Crippen LogP contribution in [-0.2, 0) is 13.0 Å². The summed E-state index contributed by atoms with van der Waals surface area (Å²) in [5.41, 5.74) is 4.17. The molecule has 1 unspecified atom stereocenters. The van der Waals surface area contributed by atoms with Crippen molar-refractivity contribution in [3.8, 4) is 0 Å². The molecule has 0 spiro atoms. The van der Waals surface area contributed by atoms with Crippen LogP contribution in [0.25, 0.3) is 0 Å². The standard InChI is InChI=1S/C16H19N3O/c1-11-7-8-13-5-3-4-6-15(13)19(11)16-17-9-14(10-20)12(2)18-16/h3-6,9,11,20H,7-8,10H2,1-2H3. The van der Waals surface area contributed by atoms with E-state index in [1.165, 1.54) is 11.3 Å². The molecule has 1 N–H and O–H groups in total. The van der Waals surface area contributed by atoms with Gasteiger partial charge in [0.25, 0.3) is 0 Å². The summed E-state index contributed by atoms with van der Waals surface area (Å²) in [7, 11) is 0. The fraction of sp³-hybridized carbons (Fsp3) is 0.375. The first-order chi connectivity index (χ1) is 9.70. The fourth-order valence-electron chi connectivity index (χ4n) is 2.74. The second-order valence-electron chi connectivity index (χ2n) is 5.33. The largest absolute Gasteiger partial charge is 0.392 e. The maximum Gasteiger partial charge on any atom is 0.230 e. The van der Waals surface area contributed by atoms with E-state index in [2.05, 4.69) is 46.1 Å². The average Bonchev–Trinajstić information content (AvgIpc) is 2.47. The lowest BCUT2D eigenvalue weighted by atomic mass is 9.97. The van der Waals surface area contributed by atoms with Crippen molar-refractivity contribution in [3.05, 3.63) is 47.3 Å². The van der Waals surface area contributed by atoms with Gasteiger partial charge in [-0.2, -0.15) is 0 Å². The number of hydrogen-bond donors (Lipinski definition) is 1. The molecule has 0 fully saturated rings. The zero-order valence-corrected chi connectivity index (χ0v) is 11.9. The molecule has 0 saturated carbocycles. The number of para-hydroxylation sites is 1. The van der Waals surface area contributed by atoms with Crippen molar-refractivity contribution in [2.45, 2.75) is 39.3 Å². The lowest BCUT2D eigenvalue weighted by Gasteiger charge is -2.35. The van der Waals surface area contributed by atoms with Crippen LogP contribution in [0.2, 0.25) is 0 Å². The van der Waals surface area contributed by atoms with E-state index < -0.39 is 0 Å². The van der Waals surface area contributed by atoms with Crippen molar-refractivity contribution in [2.75, 3.05) is 4.90 Å². The Morgan fingerprint density at radius 1 is 1.35 bits per heavy atom. The summed E-state index contributed by atoms with van der Waals surface area (Å²) < 4.78 is 0. The number of benzene rings is 1. The van der Waals surface area contributed by atoms with Gasteiger partial charge < -0.3 is 10.0 Å². The van der Waals surface area contributed by atoms with E-state index in [0.29, 0.717) is 6.04 Å². The molecule has 1 atom stereocenters. The Hall–Kier alpha value is -1.94. The van der Waals surface area contributed by atoms with Crippen LogP contribution in [0.3, 0.4) is 0 Å². The first kappa shape index (κ1) is 13.1. The van der Waals surface area contributed by atoms with Crippen LogP contribution in [0.4, 0.5) is 11.6 Å². The number of aryl methyl sites for hydroxylation is 2. The highest BCUT2D eigenvalue weighted by molar-refractivity contribution is 5.64. The zero-order chi connectivity index (χ0) is 14.1. The van der Waals surface area contributed by atoms with Crippen LogP contribution in [0.15, 0.2) is 30.5 Å². The molecule has 1 aromatic heterocycles. The van der Waals surface area contributed by atoms with Crippen LogP contribution in [0.1, 0.15) is 30.2 Å². The van der Waals surface area contributed by atoms with E-state index >= 15 is 0 Å². The third-order valence-electron chi connectivity index (χ3n) is 3.98. The van der Waals surface area contributed by atoms with Crippen molar-refractivity contribution >= 4 is 11.6 Å². The first-order valence-electron chi connectivity index (χ1n) is 7.01. The van der Waals surface area contributed by atoms with Gasteiger partial charge in [-0.05, 0) is 38.3 Å². The van der Waals surface area contributed by atoms with E-state index in [0.717, 1.165) is 30.0 Å². The Labute approximate surface area is 119 Å². The van der Waals surface area contributed by atoms with Gasteiger partial charge in [0.1, 0.15) is 0 Å². The minimum absolute atomic E-state index is 0.0156. The van der Waals surface area contributed by atoms with Crippen molar-refractivity contribution in [1.82, 2.24) is 9.97 Å². The summed E-state index contributed by atoms with van der Waals surface area (Å²) in [5.74, 6) is 0.722. The molecule has 0 amide bonds. The molecule has 4 nitrogen and oxygen atoms in total. The van der Waals surface area contributed by atoms with E-state index in [1.54, 1.807) is 6.20 Å². The van der Waals surface area contributed by atoms with E-state index in [-0.39, 0.29) is 6.61 Å². The molecule has 2 heterocycles. The van der Waals surface area contributed by atoms with Crippen molar-refractivity contribution in [1.29, 1.82) is 0 Å². The molecule has 1 aliphatic heterocycles. The van der Waals surface area contributed by atoms with Crippen molar-refractivity contribution in [2.24, 2.45) is 0 Å². The second kappa shape index (κ2) is 5.21. The summed E-state index contributed by atoms with van der Waals surface area (Å²) in [6.45, 7) is 4.10. The van der Waals surface area contributed by atoms with Crippen LogP contribution in [0, 0.1) is 6.92 Å². The highest BCUT2D eigenvalue weighted by Crippen LogP contribution is 2.34. The lowest BCUT2D eigenvalue weighted by Crippen LogP contribution is -2.34. The Kier molecular flexibility index (Phi) is 3.40. The number of hydrogen-bond acceptors (Lipinski definition) is 4. The monoisotopic (exact) mass is 269 g/mol. The number of anilines is 2. The third-order valence-corrected chi connectivity index (χ3v) is 3.98. The number of aliphatic hydroxyl groups excluding tert-OH is 1.